The highest BCUT2D eigenvalue weighted by Gasteiger charge is 2.14. The molecule has 0 bridgehead atoms. The van der Waals surface area contributed by atoms with Crippen molar-refractivity contribution in [3.8, 4) is 5.75 Å². The molecule has 0 saturated heterocycles. The molecule has 0 fully saturated rings. The Kier molecular flexibility index (Phi) is 6.67. The van der Waals surface area contributed by atoms with Crippen LogP contribution in [0.25, 0.3) is 0 Å². The molecule has 0 aliphatic heterocycles. The first kappa shape index (κ1) is 19.8. The van der Waals surface area contributed by atoms with Crippen molar-refractivity contribution in [3.63, 3.8) is 0 Å². The molecule has 0 unspecified atom stereocenters. The summed E-state index contributed by atoms with van der Waals surface area (Å²) < 4.78 is 19.2. The Bertz CT molecular complexity index is 1010. The number of halogens is 1. The summed E-state index contributed by atoms with van der Waals surface area (Å²) >= 11 is 0. The third-order valence-electron chi connectivity index (χ3n) is 3.84. The fourth-order valence-electron chi connectivity index (χ4n) is 2.35. The molecule has 7 heteroatoms. The van der Waals surface area contributed by atoms with E-state index in [1.807, 2.05) is 30.3 Å². The minimum Gasteiger partial charge on any atom is -0.489 e. The second-order valence-electron chi connectivity index (χ2n) is 5.98. The van der Waals surface area contributed by atoms with E-state index in [0.717, 1.165) is 5.56 Å². The molecule has 0 spiro atoms. The Labute approximate surface area is 167 Å². The number of benzene rings is 3. The van der Waals surface area contributed by atoms with Crippen LogP contribution >= 0.6 is 0 Å². The van der Waals surface area contributed by atoms with Gasteiger partial charge in [-0.25, -0.2) is 9.82 Å². The number of ether oxygens (including phenoxy) is 1. The van der Waals surface area contributed by atoms with Gasteiger partial charge in [-0.1, -0.05) is 42.5 Å². The predicted molar refractivity (Wildman–Crippen MR) is 108 cm³/mol. The minimum atomic E-state index is -1.02. The van der Waals surface area contributed by atoms with E-state index in [4.69, 9.17) is 4.74 Å². The van der Waals surface area contributed by atoms with E-state index in [1.165, 1.54) is 24.4 Å². The zero-order chi connectivity index (χ0) is 20.5. The zero-order valence-electron chi connectivity index (χ0n) is 15.3. The van der Waals surface area contributed by atoms with Crippen LogP contribution in [-0.2, 0) is 16.2 Å². The fourth-order valence-corrected chi connectivity index (χ4v) is 2.35. The first-order chi connectivity index (χ1) is 14.1. The normalized spacial score (nSPS) is 10.5. The molecule has 0 aliphatic rings. The number of hydrogen-bond donors (Lipinski definition) is 2. The van der Waals surface area contributed by atoms with Crippen molar-refractivity contribution >= 4 is 23.7 Å². The van der Waals surface area contributed by atoms with Gasteiger partial charge < -0.3 is 10.1 Å². The lowest BCUT2D eigenvalue weighted by Crippen LogP contribution is -2.32. The number of para-hydroxylation sites is 1. The number of nitrogens with zero attached hydrogens (tertiary/aromatic N) is 1. The molecule has 0 radical (unpaired) electrons. The Hall–Kier alpha value is -4.00. The standard InChI is InChI=1S/C22H18FN3O3/c23-19-8-4-5-9-20(19)25-21(27)22(28)26-24-14-16-10-12-18(13-11-16)29-15-17-6-2-1-3-7-17/h1-14H,15H2,(H,25,27)(H,26,28). The molecule has 0 aliphatic carbocycles. The molecule has 2 N–H and O–H groups in total. The number of nitrogens with one attached hydrogen (secondary N) is 2. The summed E-state index contributed by atoms with van der Waals surface area (Å²) in [5.41, 5.74) is 3.78. The van der Waals surface area contributed by atoms with Gasteiger partial charge in [-0.3, -0.25) is 9.59 Å². The topological polar surface area (TPSA) is 79.8 Å². The number of carbonyl (C=O) groups excluding carboxylic acids is 2. The summed E-state index contributed by atoms with van der Waals surface area (Å²) in [6.45, 7) is 0.460. The van der Waals surface area contributed by atoms with E-state index in [9.17, 15) is 14.0 Å². The van der Waals surface area contributed by atoms with Crippen LogP contribution in [0.4, 0.5) is 10.1 Å². The lowest BCUT2D eigenvalue weighted by molar-refractivity contribution is -0.136. The number of hydrazone groups is 1. The van der Waals surface area contributed by atoms with Crippen molar-refractivity contribution in [2.24, 2.45) is 5.10 Å². The summed E-state index contributed by atoms with van der Waals surface area (Å²) in [5, 5.41) is 5.91. The maximum absolute atomic E-state index is 13.5. The summed E-state index contributed by atoms with van der Waals surface area (Å²) in [4.78, 5) is 23.5. The van der Waals surface area contributed by atoms with Crippen molar-refractivity contribution in [2.45, 2.75) is 6.61 Å². The average Bonchev–Trinajstić information content (AvgIpc) is 2.75. The number of anilines is 1. The van der Waals surface area contributed by atoms with Gasteiger partial charge in [0.05, 0.1) is 11.9 Å². The van der Waals surface area contributed by atoms with Gasteiger partial charge in [0.2, 0.25) is 0 Å². The van der Waals surface area contributed by atoms with Crippen LogP contribution < -0.4 is 15.5 Å². The second kappa shape index (κ2) is 9.80. The van der Waals surface area contributed by atoms with E-state index in [-0.39, 0.29) is 5.69 Å². The third kappa shape index (κ3) is 6.00. The highest BCUT2D eigenvalue weighted by Crippen LogP contribution is 2.14. The maximum Gasteiger partial charge on any atom is 0.329 e. The lowest BCUT2D eigenvalue weighted by atomic mass is 10.2. The Morgan fingerprint density at radius 3 is 2.31 bits per heavy atom. The predicted octanol–water partition coefficient (Wildman–Crippen LogP) is 3.49. The van der Waals surface area contributed by atoms with E-state index in [1.54, 1.807) is 30.3 Å². The van der Waals surface area contributed by atoms with Crippen molar-refractivity contribution in [3.05, 3.63) is 95.8 Å². The van der Waals surface area contributed by atoms with Crippen molar-refractivity contribution in [2.75, 3.05) is 5.32 Å². The molecule has 146 valence electrons. The van der Waals surface area contributed by atoms with Gasteiger partial charge in [0, 0.05) is 0 Å². The molecular formula is C22H18FN3O3. The quantitative estimate of drug-likeness (QED) is 0.383. The van der Waals surface area contributed by atoms with Crippen LogP contribution in [0, 0.1) is 5.82 Å². The van der Waals surface area contributed by atoms with Crippen LogP contribution in [-0.4, -0.2) is 18.0 Å². The molecule has 3 rings (SSSR count). The second-order valence-corrected chi connectivity index (χ2v) is 5.98. The molecule has 0 aromatic heterocycles. The smallest absolute Gasteiger partial charge is 0.329 e. The summed E-state index contributed by atoms with van der Waals surface area (Å²) in [5.74, 6) is -1.96. The van der Waals surface area contributed by atoms with Gasteiger partial charge in [0.1, 0.15) is 18.2 Å². The molecular weight excluding hydrogens is 373 g/mol. The Balaban J connectivity index is 1.47. The van der Waals surface area contributed by atoms with Crippen LogP contribution in [0.5, 0.6) is 5.75 Å². The first-order valence-electron chi connectivity index (χ1n) is 8.77. The van der Waals surface area contributed by atoms with E-state index < -0.39 is 17.6 Å². The number of carbonyl (C=O) groups is 2. The Morgan fingerprint density at radius 1 is 0.897 bits per heavy atom. The van der Waals surface area contributed by atoms with Crippen molar-refractivity contribution in [1.82, 2.24) is 5.43 Å². The fraction of sp³-hybridized carbons (Fsp3) is 0.0455. The van der Waals surface area contributed by atoms with Gasteiger partial charge in [0.15, 0.2) is 0 Å². The van der Waals surface area contributed by atoms with Gasteiger partial charge in [-0.15, -0.1) is 0 Å². The monoisotopic (exact) mass is 391 g/mol. The van der Waals surface area contributed by atoms with Gasteiger partial charge in [-0.05, 0) is 47.5 Å². The summed E-state index contributed by atoms with van der Waals surface area (Å²) in [6, 6.07) is 22.4. The highest BCUT2D eigenvalue weighted by atomic mass is 19.1. The average molecular weight is 391 g/mol. The third-order valence-corrected chi connectivity index (χ3v) is 3.84. The van der Waals surface area contributed by atoms with E-state index >= 15 is 0 Å². The molecule has 0 heterocycles. The van der Waals surface area contributed by atoms with Gasteiger partial charge in [0.25, 0.3) is 0 Å². The summed E-state index contributed by atoms with van der Waals surface area (Å²) in [6.07, 6.45) is 1.38. The van der Waals surface area contributed by atoms with Gasteiger partial charge in [-0.2, -0.15) is 5.10 Å². The van der Waals surface area contributed by atoms with Crippen molar-refractivity contribution in [1.29, 1.82) is 0 Å². The molecule has 3 aromatic rings. The molecule has 29 heavy (non-hydrogen) atoms. The van der Waals surface area contributed by atoms with Crippen LogP contribution in [0.15, 0.2) is 84.0 Å². The molecule has 3 aromatic carbocycles. The first-order valence-corrected chi connectivity index (χ1v) is 8.77. The van der Waals surface area contributed by atoms with Crippen LogP contribution in [0.3, 0.4) is 0 Å². The zero-order valence-corrected chi connectivity index (χ0v) is 15.3. The maximum atomic E-state index is 13.5. The number of amides is 2. The largest absolute Gasteiger partial charge is 0.489 e. The molecule has 0 atom stereocenters. The molecule has 0 saturated carbocycles. The van der Waals surface area contributed by atoms with E-state index in [2.05, 4.69) is 15.8 Å². The SMILES string of the molecule is O=C(NN=Cc1ccc(OCc2ccccc2)cc1)C(=O)Nc1ccccc1F. The minimum absolute atomic E-state index is 0.0808. The Morgan fingerprint density at radius 2 is 1.59 bits per heavy atom. The van der Waals surface area contributed by atoms with Crippen LogP contribution in [0.1, 0.15) is 11.1 Å². The van der Waals surface area contributed by atoms with Crippen molar-refractivity contribution < 1.29 is 18.7 Å². The summed E-state index contributed by atoms with van der Waals surface area (Å²) in [7, 11) is 0. The van der Waals surface area contributed by atoms with Gasteiger partial charge >= 0.3 is 11.8 Å². The number of rotatable bonds is 6. The number of hydrogen-bond acceptors (Lipinski definition) is 4. The molecule has 2 amide bonds. The van der Waals surface area contributed by atoms with Crippen LogP contribution in [0.2, 0.25) is 0 Å². The van der Waals surface area contributed by atoms with E-state index in [0.29, 0.717) is 17.9 Å². The lowest BCUT2D eigenvalue weighted by Gasteiger charge is -2.06. The highest BCUT2D eigenvalue weighted by molar-refractivity contribution is 6.39. The molecule has 6 nitrogen and oxygen atoms in total.